The Bertz CT molecular complexity index is 578. The van der Waals surface area contributed by atoms with Gasteiger partial charge >= 0.3 is 0 Å². The van der Waals surface area contributed by atoms with Crippen molar-refractivity contribution in [2.75, 3.05) is 11.9 Å². The van der Waals surface area contributed by atoms with E-state index >= 15 is 0 Å². The zero-order valence-corrected chi connectivity index (χ0v) is 12.0. The molecule has 3 heteroatoms. The Morgan fingerprint density at radius 1 is 1.05 bits per heavy atom. The average Bonchev–Trinajstić information content (AvgIpc) is 2.95. The third-order valence-electron chi connectivity index (χ3n) is 3.80. The predicted octanol–water partition coefficient (Wildman–Crippen LogP) is 3.18. The van der Waals surface area contributed by atoms with Crippen molar-refractivity contribution in [3.8, 4) is 0 Å². The normalized spacial score (nSPS) is 13.2. The van der Waals surface area contributed by atoms with Gasteiger partial charge in [-0.1, -0.05) is 30.3 Å². The lowest BCUT2D eigenvalue weighted by molar-refractivity contribution is 0.833. The second-order valence-electron chi connectivity index (χ2n) is 5.28. The zero-order valence-electron chi connectivity index (χ0n) is 12.0. The first-order chi connectivity index (χ1) is 9.86. The Hall–Kier alpha value is -1.90. The van der Waals surface area contributed by atoms with E-state index in [0.717, 1.165) is 43.9 Å². The minimum absolute atomic E-state index is 0.912. The molecule has 0 saturated heterocycles. The second-order valence-corrected chi connectivity index (χ2v) is 5.28. The van der Waals surface area contributed by atoms with Crippen LogP contribution in [-0.2, 0) is 25.7 Å². The molecule has 0 aliphatic heterocycles. The highest BCUT2D eigenvalue weighted by molar-refractivity contribution is 5.48. The van der Waals surface area contributed by atoms with Gasteiger partial charge in [-0.25, -0.2) is 9.97 Å². The van der Waals surface area contributed by atoms with Gasteiger partial charge in [0.2, 0.25) is 0 Å². The molecule has 1 N–H and O–H groups in total. The first-order valence-electron chi connectivity index (χ1n) is 7.53. The lowest BCUT2D eigenvalue weighted by Gasteiger charge is -2.11. The summed E-state index contributed by atoms with van der Waals surface area (Å²) in [6, 6.07) is 10.6. The number of aryl methyl sites for hydroxylation is 3. The third-order valence-corrected chi connectivity index (χ3v) is 3.80. The predicted molar refractivity (Wildman–Crippen MR) is 82.1 cm³/mol. The number of anilines is 1. The highest BCUT2D eigenvalue weighted by atomic mass is 15.0. The second kappa shape index (κ2) is 6.04. The van der Waals surface area contributed by atoms with E-state index < -0.39 is 0 Å². The fraction of sp³-hybridized carbons (Fsp3) is 0.412. The van der Waals surface area contributed by atoms with E-state index in [1.807, 2.05) is 0 Å². The molecule has 0 radical (unpaired) electrons. The van der Waals surface area contributed by atoms with Crippen molar-refractivity contribution < 1.29 is 0 Å². The van der Waals surface area contributed by atoms with Crippen molar-refractivity contribution in [2.45, 2.75) is 39.0 Å². The smallest absolute Gasteiger partial charge is 0.133 e. The van der Waals surface area contributed by atoms with Crippen LogP contribution in [0, 0.1) is 0 Å². The molecule has 2 aromatic rings. The Morgan fingerprint density at radius 3 is 2.70 bits per heavy atom. The van der Waals surface area contributed by atoms with E-state index in [1.54, 1.807) is 0 Å². The standard InChI is InChI=1S/C17H21N3/c1-2-18-17-14-9-6-10-15(14)19-16(20-17)12-11-13-7-4-3-5-8-13/h3-5,7-8H,2,6,9-12H2,1H3,(H,18,19,20). The molecule has 0 amide bonds. The van der Waals surface area contributed by atoms with Crippen molar-refractivity contribution in [3.63, 3.8) is 0 Å². The summed E-state index contributed by atoms with van der Waals surface area (Å²) in [4.78, 5) is 9.49. The Balaban J connectivity index is 1.78. The Morgan fingerprint density at radius 2 is 1.90 bits per heavy atom. The summed E-state index contributed by atoms with van der Waals surface area (Å²) in [5, 5.41) is 3.40. The molecule has 1 aliphatic carbocycles. The Labute approximate surface area is 120 Å². The molecule has 1 aliphatic rings. The SMILES string of the molecule is CCNc1nc(CCc2ccccc2)nc2c1CCC2. The number of fused-ring (bicyclic) bond motifs is 1. The zero-order chi connectivity index (χ0) is 13.8. The van der Waals surface area contributed by atoms with Gasteiger partial charge in [0.25, 0.3) is 0 Å². The summed E-state index contributed by atoms with van der Waals surface area (Å²) >= 11 is 0. The molecule has 3 nitrogen and oxygen atoms in total. The number of aromatic nitrogens is 2. The highest BCUT2D eigenvalue weighted by Gasteiger charge is 2.18. The van der Waals surface area contributed by atoms with Gasteiger partial charge in [-0.3, -0.25) is 0 Å². The number of nitrogens with zero attached hydrogens (tertiary/aromatic N) is 2. The lowest BCUT2D eigenvalue weighted by atomic mass is 10.1. The number of benzene rings is 1. The van der Waals surface area contributed by atoms with Crippen molar-refractivity contribution >= 4 is 5.82 Å². The van der Waals surface area contributed by atoms with Crippen molar-refractivity contribution in [1.29, 1.82) is 0 Å². The van der Waals surface area contributed by atoms with E-state index in [1.165, 1.54) is 23.2 Å². The molecule has 0 bridgehead atoms. The van der Waals surface area contributed by atoms with E-state index in [-0.39, 0.29) is 0 Å². The maximum absolute atomic E-state index is 4.76. The number of hydrogen-bond donors (Lipinski definition) is 1. The summed E-state index contributed by atoms with van der Waals surface area (Å²) in [5.41, 5.74) is 3.95. The number of nitrogens with one attached hydrogen (secondary N) is 1. The summed E-state index contributed by atoms with van der Waals surface area (Å²) < 4.78 is 0. The fourth-order valence-electron chi connectivity index (χ4n) is 2.81. The van der Waals surface area contributed by atoms with Crippen molar-refractivity contribution in [2.24, 2.45) is 0 Å². The van der Waals surface area contributed by atoms with Gasteiger partial charge in [0.15, 0.2) is 0 Å². The molecule has 1 aromatic heterocycles. The molecule has 1 heterocycles. The average molecular weight is 267 g/mol. The van der Waals surface area contributed by atoms with Crippen LogP contribution < -0.4 is 5.32 Å². The summed E-state index contributed by atoms with van der Waals surface area (Å²) in [6.45, 7) is 3.04. The quantitative estimate of drug-likeness (QED) is 0.904. The van der Waals surface area contributed by atoms with Crippen LogP contribution in [0.1, 0.15) is 36.0 Å². The maximum atomic E-state index is 4.76. The van der Waals surface area contributed by atoms with Crippen LogP contribution in [0.3, 0.4) is 0 Å². The van der Waals surface area contributed by atoms with Gasteiger partial charge in [0.05, 0.1) is 0 Å². The van der Waals surface area contributed by atoms with Gasteiger partial charge in [-0.05, 0) is 38.2 Å². The van der Waals surface area contributed by atoms with Gasteiger partial charge in [-0.15, -0.1) is 0 Å². The van der Waals surface area contributed by atoms with Crippen LogP contribution in [0.15, 0.2) is 30.3 Å². The molecular formula is C17H21N3. The number of hydrogen-bond acceptors (Lipinski definition) is 3. The van der Waals surface area contributed by atoms with E-state index in [9.17, 15) is 0 Å². The molecule has 3 rings (SSSR count). The number of rotatable bonds is 5. The van der Waals surface area contributed by atoms with E-state index in [0.29, 0.717) is 0 Å². The summed E-state index contributed by atoms with van der Waals surface area (Å²) in [6.07, 6.45) is 5.36. The minimum atomic E-state index is 0.912. The molecular weight excluding hydrogens is 246 g/mol. The lowest BCUT2D eigenvalue weighted by Crippen LogP contribution is -2.09. The molecule has 0 unspecified atom stereocenters. The van der Waals surface area contributed by atoms with Gasteiger partial charge in [0.1, 0.15) is 11.6 Å². The Kier molecular flexibility index (Phi) is 3.95. The molecule has 0 spiro atoms. The van der Waals surface area contributed by atoms with Crippen molar-refractivity contribution in [3.05, 3.63) is 53.0 Å². The fourth-order valence-corrected chi connectivity index (χ4v) is 2.81. The highest BCUT2D eigenvalue weighted by Crippen LogP contribution is 2.26. The molecule has 1 aromatic carbocycles. The van der Waals surface area contributed by atoms with E-state index in [2.05, 4.69) is 42.6 Å². The monoisotopic (exact) mass is 267 g/mol. The van der Waals surface area contributed by atoms with Crippen LogP contribution in [-0.4, -0.2) is 16.5 Å². The molecule has 0 saturated carbocycles. The van der Waals surface area contributed by atoms with Gasteiger partial charge < -0.3 is 5.32 Å². The topological polar surface area (TPSA) is 37.8 Å². The van der Waals surface area contributed by atoms with Gasteiger partial charge in [0, 0.05) is 24.2 Å². The van der Waals surface area contributed by atoms with Crippen molar-refractivity contribution in [1.82, 2.24) is 9.97 Å². The van der Waals surface area contributed by atoms with Gasteiger partial charge in [-0.2, -0.15) is 0 Å². The third kappa shape index (κ3) is 2.82. The molecule has 104 valence electrons. The van der Waals surface area contributed by atoms with Crippen LogP contribution in [0.2, 0.25) is 0 Å². The molecule has 20 heavy (non-hydrogen) atoms. The largest absolute Gasteiger partial charge is 0.370 e. The van der Waals surface area contributed by atoms with E-state index in [4.69, 9.17) is 9.97 Å². The summed E-state index contributed by atoms with van der Waals surface area (Å²) in [5.74, 6) is 2.04. The summed E-state index contributed by atoms with van der Waals surface area (Å²) in [7, 11) is 0. The first-order valence-corrected chi connectivity index (χ1v) is 7.53. The van der Waals surface area contributed by atoms with Crippen LogP contribution in [0.5, 0.6) is 0 Å². The molecule has 0 atom stereocenters. The van der Waals surface area contributed by atoms with Crippen LogP contribution in [0.4, 0.5) is 5.82 Å². The van der Waals surface area contributed by atoms with Crippen LogP contribution in [0.25, 0.3) is 0 Å². The minimum Gasteiger partial charge on any atom is -0.370 e. The first kappa shape index (κ1) is 13.1. The van der Waals surface area contributed by atoms with Crippen LogP contribution >= 0.6 is 0 Å². The maximum Gasteiger partial charge on any atom is 0.133 e. The molecule has 0 fully saturated rings.